The largest absolute Gasteiger partial charge is 0.368 e. The minimum absolute atomic E-state index is 0.000237. The van der Waals surface area contributed by atoms with E-state index in [-0.39, 0.29) is 17.8 Å². The van der Waals surface area contributed by atoms with E-state index in [1.165, 1.54) is 12.5 Å². The Morgan fingerprint density at radius 3 is 2.71 bits per heavy atom. The van der Waals surface area contributed by atoms with E-state index in [0.29, 0.717) is 24.2 Å². The molecule has 5 heterocycles. The van der Waals surface area contributed by atoms with Gasteiger partial charge in [-0.2, -0.15) is 0 Å². The quantitative estimate of drug-likeness (QED) is 0.852. The van der Waals surface area contributed by atoms with Crippen LogP contribution in [-0.4, -0.2) is 55.1 Å². The predicted octanol–water partition coefficient (Wildman–Crippen LogP) is 1.08. The number of amides is 1. The van der Waals surface area contributed by atoms with E-state index in [9.17, 15) is 9.18 Å². The van der Waals surface area contributed by atoms with Crippen molar-refractivity contribution in [1.82, 2.24) is 15.5 Å². The second kappa shape index (κ2) is 5.43. The van der Waals surface area contributed by atoms with Gasteiger partial charge in [0, 0.05) is 61.1 Å². The molecule has 0 radical (unpaired) electrons. The van der Waals surface area contributed by atoms with Crippen molar-refractivity contribution >= 4 is 11.6 Å². The van der Waals surface area contributed by atoms with Gasteiger partial charge >= 0.3 is 0 Å². The van der Waals surface area contributed by atoms with Crippen molar-refractivity contribution in [2.45, 2.75) is 43.9 Å². The molecule has 4 fully saturated rings. The molecule has 6 heteroatoms. The lowest BCUT2D eigenvalue weighted by Crippen LogP contribution is -2.67. The Balaban J connectivity index is 1.47. The van der Waals surface area contributed by atoms with Gasteiger partial charge in [-0.05, 0) is 37.9 Å². The van der Waals surface area contributed by atoms with E-state index in [4.69, 9.17) is 0 Å². The zero-order valence-electron chi connectivity index (χ0n) is 13.7. The van der Waals surface area contributed by atoms with Gasteiger partial charge < -0.3 is 20.4 Å². The fourth-order valence-corrected chi connectivity index (χ4v) is 4.76. The lowest BCUT2D eigenvalue weighted by Gasteiger charge is -2.49. The fraction of sp³-hybridized carbons (Fsp3) is 0.611. The number of benzene rings is 1. The third-order valence-electron chi connectivity index (χ3n) is 5.99. The summed E-state index contributed by atoms with van der Waals surface area (Å²) < 4.78 is 14.2. The zero-order valence-corrected chi connectivity index (χ0v) is 13.7. The van der Waals surface area contributed by atoms with Gasteiger partial charge in [0.15, 0.2) is 0 Å². The first kappa shape index (κ1) is 14.7. The van der Waals surface area contributed by atoms with Gasteiger partial charge in [0.05, 0.1) is 0 Å². The van der Waals surface area contributed by atoms with Gasteiger partial charge in [-0.3, -0.25) is 4.79 Å². The smallest absolute Gasteiger partial charge is 0.254 e. The number of anilines is 1. The van der Waals surface area contributed by atoms with E-state index in [0.717, 1.165) is 50.3 Å². The van der Waals surface area contributed by atoms with E-state index >= 15 is 0 Å². The Hall–Kier alpha value is -1.66. The van der Waals surface area contributed by atoms with Crippen molar-refractivity contribution in [3.8, 4) is 0 Å². The van der Waals surface area contributed by atoms with Crippen LogP contribution in [0.4, 0.5) is 10.1 Å². The Labute approximate surface area is 141 Å². The Kier molecular flexibility index (Phi) is 3.31. The molecular weight excluding hydrogens is 307 g/mol. The van der Waals surface area contributed by atoms with Gasteiger partial charge in [0.1, 0.15) is 5.82 Å². The van der Waals surface area contributed by atoms with Gasteiger partial charge in [-0.1, -0.05) is 0 Å². The third kappa shape index (κ3) is 2.24. The molecule has 0 spiro atoms. The van der Waals surface area contributed by atoms with Gasteiger partial charge in [-0.15, -0.1) is 0 Å². The molecule has 1 amide bonds. The maximum absolute atomic E-state index is 14.2. The van der Waals surface area contributed by atoms with Gasteiger partial charge in [0.2, 0.25) is 0 Å². The van der Waals surface area contributed by atoms with Crippen molar-refractivity contribution in [3.63, 3.8) is 0 Å². The van der Waals surface area contributed by atoms with Crippen LogP contribution in [-0.2, 0) is 6.54 Å². The monoisotopic (exact) mass is 330 g/mol. The topological polar surface area (TPSA) is 47.6 Å². The number of carbonyl (C=O) groups is 1. The molecule has 3 unspecified atom stereocenters. The summed E-state index contributed by atoms with van der Waals surface area (Å²) in [5, 5.41) is 6.88. The Morgan fingerprint density at radius 2 is 2.00 bits per heavy atom. The molecule has 0 saturated carbocycles. The summed E-state index contributed by atoms with van der Waals surface area (Å²) in [4.78, 5) is 17.1. The highest BCUT2D eigenvalue weighted by atomic mass is 19.1. The first-order chi connectivity index (χ1) is 11.7. The van der Waals surface area contributed by atoms with Crippen molar-refractivity contribution in [1.29, 1.82) is 0 Å². The molecule has 4 saturated heterocycles. The summed E-state index contributed by atoms with van der Waals surface area (Å²) >= 11 is 0. The van der Waals surface area contributed by atoms with Crippen molar-refractivity contribution in [2.24, 2.45) is 0 Å². The second-order valence-electron chi connectivity index (χ2n) is 7.59. The minimum Gasteiger partial charge on any atom is -0.368 e. The molecule has 5 nitrogen and oxygen atoms in total. The van der Waals surface area contributed by atoms with Crippen LogP contribution in [0, 0.1) is 5.82 Å². The summed E-state index contributed by atoms with van der Waals surface area (Å²) in [5.74, 6) is -0.298. The number of fused-ring (bicyclic) bond motifs is 3. The Morgan fingerprint density at radius 1 is 1.21 bits per heavy atom. The highest BCUT2D eigenvalue weighted by Gasteiger charge is 2.40. The van der Waals surface area contributed by atoms with Crippen LogP contribution in [0.25, 0.3) is 0 Å². The van der Waals surface area contributed by atoms with Gasteiger partial charge in [0.25, 0.3) is 5.91 Å². The van der Waals surface area contributed by atoms with E-state index in [1.54, 1.807) is 6.07 Å². The van der Waals surface area contributed by atoms with Crippen LogP contribution < -0.4 is 15.5 Å². The van der Waals surface area contributed by atoms with Crippen LogP contribution in [0.5, 0.6) is 0 Å². The molecule has 1 aromatic carbocycles. The molecule has 5 aliphatic rings. The minimum atomic E-state index is -0.298. The normalized spacial score (nSPS) is 31.9. The first-order valence-electron chi connectivity index (χ1n) is 9.04. The maximum atomic E-state index is 14.2. The summed E-state index contributed by atoms with van der Waals surface area (Å²) in [6.45, 7) is 4.30. The summed E-state index contributed by atoms with van der Waals surface area (Å²) in [6, 6.07) is 4.31. The molecular formula is C18H23FN4O. The van der Waals surface area contributed by atoms with Crippen molar-refractivity contribution in [3.05, 3.63) is 29.1 Å². The lowest BCUT2D eigenvalue weighted by atomic mass is 9.90. The SMILES string of the molecule is O=C1c2cc(F)cc(N3CC4CC(C3)N4)c2CN1C1CCCNC1. The number of piperazine rings is 1. The molecule has 3 atom stereocenters. The number of nitrogens with one attached hydrogen (secondary N) is 2. The molecule has 0 aromatic heterocycles. The molecule has 2 bridgehead atoms. The maximum Gasteiger partial charge on any atom is 0.254 e. The number of carbonyl (C=O) groups excluding carboxylic acids is 1. The van der Waals surface area contributed by atoms with Crippen LogP contribution in [0.2, 0.25) is 0 Å². The third-order valence-corrected chi connectivity index (χ3v) is 5.99. The first-order valence-corrected chi connectivity index (χ1v) is 9.04. The van der Waals surface area contributed by atoms with Crippen molar-refractivity contribution < 1.29 is 9.18 Å². The number of rotatable bonds is 2. The van der Waals surface area contributed by atoms with Crippen LogP contribution in [0.3, 0.4) is 0 Å². The summed E-state index contributed by atoms with van der Waals surface area (Å²) in [5.41, 5.74) is 2.52. The predicted molar refractivity (Wildman–Crippen MR) is 89.7 cm³/mol. The number of halogens is 1. The molecule has 6 rings (SSSR count). The van der Waals surface area contributed by atoms with Crippen LogP contribution in [0.15, 0.2) is 12.1 Å². The molecule has 1 aromatic rings. The number of hydrogen-bond donors (Lipinski definition) is 2. The highest BCUT2D eigenvalue weighted by Crippen LogP contribution is 2.37. The van der Waals surface area contributed by atoms with Crippen LogP contribution >= 0.6 is 0 Å². The Bertz CT molecular complexity index is 672. The molecule has 0 aliphatic carbocycles. The molecule has 2 N–H and O–H groups in total. The van der Waals surface area contributed by atoms with Crippen molar-refractivity contribution in [2.75, 3.05) is 31.1 Å². The standard InChI is InChI=1S/C18H23FN4O/c19-11-4-15-16(10-23(18(15)24)14-2-1-3-20-7-14)17(5-11)22-8-12-6-13(9-22)21-12/h4-5,12-14,20-21H,1-3,6-10H2. The van der Waals surface area contributed by atoms with Gasteiger partial charge in [-0.25, -0.2) is 4.39 Å². The second-order valence-corrected chi connectivity index (χ2v) is 7.59. The average molecular weight is 330 g/mol. The fourth-order valence-electron chi connectivity index (χ4n) is 4.76. The average Bonchev–Trinajstić information content (AvgIpc) is 2.91. The summed E-state index contributed by atoms with van der Waals surface area (Å²) in [6.07, 6.45) is 3.34. The summed E-state index contributed by atoms with van der Waals surface area (Å²) in [7, 11) is 0. The molecule has 24 heavy (non-hydrogen) atoms. The number of hydrogen-bond acceptors (Lipinski definition) is 4. The zero-order chi connectivity index (χ0) is 16.3. The molecule has 5 aliphatic heterocycles. The van der Waals surface area contributed by atoms with E-state index in [1.807, 2.05) is 4.90 Å². The highest BCUT2D eigenvalue weighted by molar-refractivity contribution is 6.00. The van der Waals surface area contributed by atoms with E-state index < -0.39 is 0 Å². The number of nitrogens with zero attached hydrogens (tertiary/aromatic N) is 2. The molecule has 128 valence electrons. The lowest BCUT2D eigenvalue weighted by molar-refractivity contribution is 0.0674. The van der Waals surface area contributed by atoms with E-state index in [2.05, 4.69) is 15.5 Å². The van der Waals surface area contributed by atoms with Crippen LogP contribution in [0.1, 0.15) is 35.2 Å². The number of piperidine rings is 2.